The van der Waals surface area contributed by atoms with Crippen molar-refractivity contribution in [2.24, 2.45) is 0 Å². The fraction of sp³-hybridized carbons (Fsp3) is 0.300. The van der Waals surface area contributed by atoms with Gasteiger partial charge in [0.15, 0.2) is 0 Å². The van der Waals surface area contributed by atoms with E-state index in [-0.39, 0.29) is 0 Å². The SMILES string of the molecule is CCCOc1ccc(CNCCc2c[nH]c3ccccc23)cc1Cl. The molecule has 3 aromatic rings. The predicted molar refractivity (Wildman–Crippen MR) is 101 cm³/mol. The molecule has 0 saturated carbocycles. The van der Waals surface area contributed by atoms with Crippen molar-refractivity contribution in [2.45, 2.75) is 26.3 Å². The van der Waals surface area contributed by atoms with Gasteiger partial charge in [-0.3, -0.25) is 0 Å². The molecule has 3 rings (SSSR count). The molecule has 1 aromatic heterocycles. The maximum Gasteiger partial charge on any atom is 0.137 e. The van der Waals surface area contributed by atoms with Crippen LogP contribution < -0.4 is 10.1 Å². The molecule has 2 aromatic carbocycles. The van der Waals surface area contributed by atoms with Crippen molar-refractivity contribution < 1.29 is 4.74 Å². The number of aromatic amines is 1. The lowest BCUT2D eigenvalue weighted by Crippen LogP contribution is -2.16. The highest BCUT2D eigenvalue weighted by molar-refractivity contribution is 6.32. The summed E-state index contributed by atoms with van der Waals surface area (Å²) in [5, 5.41) is 5.47. The average Bonchev–Trinajstić information content (AvgIpc) is 3.01. The van der Waals surface area contributed by atoms with Crippen molar-refractivity contribution in [3.63, 3.8) is 0 Å². The van der Waals surface area contributed by atoms with E-state index in [9.17, 15) is 0 Å². The normalized spacial score (nSPS) is 11.1. The third kappa shape index (κ3) is 4.11. The van der Waals surface area contributed by atoms with E-state index in [4.69, 9.17) is 16.3 Å². The first-order valence-electron chi connectivity index (χ1n) is 8.45. The molecule has 3 nitrogen and oxygen atoms in total. The molecule has 4 heteroatoms. The van der Waals surface area contributed by atoms with Gasteiger partial charge in [0.25, 0.3) is 0 Å². The molecule has 126 valence electrons. The molecule has 0 amide bonds. The van der Waals surface area contributed by atoms with E-state index in [0.717, 1.165) is 31.7 Å². The number of H-pyrrole nitrogens is 1. The van der Waals surface area contributed by atoms with Crippen LogP contribution in [0.25, 0.3) is 10.9 Å². The smallest absolute Gasteiger partial charge is 0.137 e. The van der Waals surface area contributed by atoms with E-state index in [1.807, 2.05) is 12.1 Å². The van der Waals surface area contributed by atoms with Crippen LogP contribution in [0, 0.1) is 0 Å². The molecule has 0 fully saturated rings. The largest absolute Gasteiger partial charge is 0.492 e. The Labute approximate surface area is 148 Å². The molecule has 0 bridgehead atoms. The summed E-state index contributed by atoms with van der Waals surface area (Å²) in [6, 6.07) is 14.4. The first-order chi connectivity index (χ1) is 11.8. The van der Waals surface area contributed by atoms with Gasteiger partial charge < -0.3 is 15.0 Å². The van der Waals surface area contributed by atoms with Gasteiger partial charge in [-0.25, -0.2) is 0 Å². The number of para-hydroxylation sites is 1. The second-order valence-electron chi connectivity index (χ2n) is 5.90. The summed E-state index contributed by atoms with van der Waals surface area (Å²) in [6.07, 6.45) is 4.08. The van der Waals surface area contributed by atoms with Crippen molar-refractivity contribution in [3.8, 4) is 5.75 Å². The van der Waals surface area contributed by atoms with Crippen molar-refractivity contribution in [1.82, 2.24) is 10.3 Å². The molecule has 0 aliphatic rings. The van der Waals surface area contributed by atoms with E-state index in [0.29, 0.717) is 11.6 Å². The van der Waals surface area contributed by atoms with E-state index in [2.05, 4.69) is 53.8 Å². The summed E-state index contributed by atoms with van der Waals surface area (Å²) in [5.41, 5.74) is 3.71. The third-order valence-electron chi connectivity index (χ3n) is 4.03. The second-order valence-corrected chi connectivity index (χ2v) is 6.31. The molecule has 0 radical (unpaired) electrons. The third-order valence-corrected chi connectivity index (χ3v) is 4.33. The lowest BCUT2D eigenvalue weighted by molar-refractivity contribution is 0.317. The van der Waals surface area contributed by atoms with Crippen LogP contribution in [0.5, 0.6) is 5.75 Å². The fourth-order valence-corrected chi connectivity index (χ4v) is 3.04. The molecular weight excluding hydrogens is 320 g/mol. The molecule has 1 heterocycles. The Morgan fingerprint density at radius 2 is 2.04 bits per heavy atom. The Morgan fingerprint density at radius 3 is 2.88 bits per heavy atom. The summed E-state index contributed by atoms with van der Waals surface area (Å²) in [6.45, 7) is 4.51. The van der Waals surface area contributed by atoms with Crippen molar-refractivity contribution in [1.29, 1.82) is 0 Å². The minimum atomic E-state index is 0.680. The second kappa shape index (κ2) is 8.22. The molecule has 0 saturated heterocycles. The first kappa shape index (κ1) is 16.9. The van der Waals surface area contributed by atoms with Crippen LogP contribution >= 0.6 is 11.6 Å². The van der Waals surface area contributed by atoms with Crippen LogP contribution in [0.2, 0.25) is 5.02 Å². The number of nitrogens with one attached hydrogen (secondary N) is 2. The number of rotatable bonds is 8. The Kier molecular flexibility index (Phi) is 5.78. The highest BCUT2D eigenvalue weighted by atomic mass is 35.5. The van der Waals surface area contributed by atoms with Gasteiger partial charge in [-0.05, 0) is 48.7 Å². The standard InChI is InChI=1S/C20H23ClN2O/c1-2-11-24-20-8-7-15(12-18(20)21)13-22-10-9-16-14-23-19-6-4-3-5-17(16)19/h3-8,12,14,22-23H,2,9-11,13H2,1H3. The lowest BCUT2D eigenvalue weighted by Gasteiger charge is -2.09. The van der Waals surface area contributed by atoms with Gasteiger partial charge >= 0.3 is 0 Å². The Morgan fingerprint density at radius 1 is 1.17 bits per heavy atom. The lowest BCUT2D eigenvalue weighted by atomic mass is 10.1. The van der Waals surface area contributed by atoms with Gasteiger partial charge in [0, 0.05) is 23.6 Å². The summed E-state index contributed by atoms with van der Waals surface area (Å²) in [5.74, 6) is 0.765. The molecule has 0 unspecified atom stereocenters. The monoisotopic (exact) mass is 342 g/mol. The van der Waals surface area contributed by atoms with Crippen LogP contribution in [0.15, 0.2) is 48.7 Å². The van der Waals surface area contributed by atoms with E-state index in [1.165, 1.54) is 22.0 Å². The van der Waals surface area contributed by atoms with Crippen LogP contribution in [0.1, 0.15) is 24.5 Å². The molecule has 24 heavy (non-hydrogen) atoms. The number of hydrogen-bond acceptors (Lipinski definition) is 2. The topological polar surface area (TPSA) is 37.0 Å². The highest BCUT2D eigenvalue weighted by Gasteiger charge is 2.04. The molecule has 0 atom stereocenters. The highest BCUT2D eigenvalue weighted by Crippen LogP contribution is 2.25. The van der Waals surface area contributed by atoms with Crippen LogP contribution in [0.4, 0.5) is 0 Å². The van der Waals surface area contributed by atoms with Gasteiger partial charge in [-0.15, -0.1) is 0 Å². The quantitative estimate of drug-likeness (QED) is 0.569. The minimum Gasteiger partial charge on any atom is -0.492 e. The first-order valence-corrected chi connectivity index (χ1v) is 8.82. The maximum atomic E-state index is 6.27. The zero-order valence-corrected chi connectivity index (χ0v) is 14.7. The minimum absolute atomic E-state index is 0.680. The molecule has 0 aliphatic carbocycles. The Bertz CT molecular complexity index is 797. The Balaban J connectivity index is 1.50. The van der Waals surface area contributed by atoms with Crippen LogP contribution in [-0.4, -0.2) is 18.1 Å². The summed E-state index contributed by atoms with van der Waals surface area (Å²) in [4.78, 5) is 3.32. The summed E-state index contributed by atoms with van der Waals surface area (Å²) < 4.78 is 5.60. The summed E-state index contributed by atoms with van der Waals surface area (Å²) >= 11 is 6.27. The number of ether oxygens (including phenoxy) is 1. The zero-order chi connectivity index (χ0) is 16.8. The van der Waals surface area contributed by atoms with Crippen LogP contribution in [-0.2, 0) is 13.0 Å². The number of aromatic nitrogens is 1. The summed E-state index contributed by atoms with van der Waals surface area (Å²) in [7, 11) is 0. The molecule has 0 aliphatic heterocycles. The molecule has 2 N–H and O–H groups in total. The number of benzene rings is 2. The van der Waals surface area contributed by atoms with Gasteiger partial charge in [0.05, 0.1) is 11.6 Å². The zero-order valence-electron chi connectivity index (χ0n) is 13.9. The van der Waals surface area contributed by atoms with E-state index in [1.54, 1.807) is 0 Å². The van der Waals surface area contributed by atoms with Crippen LogP contribution in [0.3, 0.4) is 0 Å². The van der Waals surface area contributed by atoms with E-state index >= 15 is 0 Å². The number of hydrogen-bond donors (Lipinski definition) is 2. The van der Waals surface area contributed by atoms with Gasteiger partial charge in [0.2, 0.25) is 0 Å². The molecular formula is C20H23ClN2O. The van der Waals surface area contributed by atoms with Crippen molar-refractivity contribution >= 4 is 22.5 Å². The van der Waals surface area contributed by atoms with Crippen molar-refractivity contribution in [3.05, 3.63) is 64.8 Å². The fourth-order valence-electron chi connectivity index (χ4n) is 2.78. The maximum absolute atomic E-state index is 6.27. The van der Waals surface area contributed by atoms with E-state index < -0.39 is 0 Å². The number of fused-ring (bicyclic) bond motifs is 1. The van der Waals surface area contributed by atoms with Crippen molar-refractivity contribution in [2.75, 3.05) is 13.2 Å². The van der Waals surface area contributed by atoms with Gasteiger partial charge in [-0.2, -0.15) is 0 Å². The predicted octanol–water partition coefficient (Wildman–Crippen LogP) is 4.94. The average molecular weight is 343 g/mol. The molecule has 0 spiro atoms. The van der Waals surface area contributed by atoms with Gasteiger partial charge in [-0.1, -0.05) is 42.8 Å². The number of halogens is 1. The Hall–Kier alpha value is -1.97. The van der Waals surface area contributed by atoms with Gasteiger partial charge in [0.1, 0.15) is 5.75 Å².